The van der Waals surface area contributed by atoms with Gasteiger partial charge in [0.2, 0.25) is 9.84 Å². The summed E-state index contributed by atoms with van der Waals surface area (Å²) in [5.74, 6) is -0.182. The molecule has 34 heavy (non-hydrogen) atoms. The highest BCUT2D eigenvalue weighted by atomic mass is 79.9. The van der Waals surface area contributed by atoms with Crippen molar-refractivity contribution in [2.24, 2.45) is 5.73 Å². The van der Waals surface area contributed by atoms with Crippen LogP contribution in [0.1, 0.15) is 11.1 Å². The van der Waals surface area contributed by atoms with Crippen LogP contribution in [0.2, 0.25) is 0 Å². The summed E-state index contributed by atoms with van der Waals surface area (Å²) in [7, 11) is -3.73. The molecule has 3 aromatic carbocycles. The normalized spacial score (nSPS) is 12.6. The maximum absolute atomic E-state index is 13.2. The van der Waals surface area contributed by atoms with Crippen LogP contribution in [-0.2, 0) is 21.1 Å². The zero-order chi connectivity index (χ0) is 24.6. The molecule has 0 saturated carbocycles. The number of rotatable bonds is 7. The molecule has 0 saturated heterocycles. The van der Waals surface area contributed by atoms with E-state index in [9.17, 15) is 13.2 Å². The molecule has 0 aliphatic carbocycles. The lowest BCUT2D eigenvalue weighted by Crippen LogP contribution is -2.32. The fraction of sp³-hybridized carbons (Fsp3) is 0.125. The Morgan fingerprint density at radius 2 is 1.74 bits per heavy atom. The Kier molecular flexibility index (Phi) is 6.86. The SMILES string of the molecule is Cc1ccc(S(=O)(=O)c2c[nH]c3ccc(Oc4c(Br)cc(C[C@H](N)C(=O)O)cc4Br)cc23)cc1. The molecule has 4 N–H and O–H groups in total. The van der Waals surface area contributed by atoms with Crippen LogP contribution >= 0.6 is 31.9 Å². The maximum atomic E-state index is 13.2. The van der Waals surface area contributed by atoms with Crippen molar-refractivity contribution in [3.63, 3.8) is 0 Å². The fourth-order valence-corrected chi connectivity index (χ4v) is 6.36. The van der Waals surface area contributed by atoms with Gasteiger partial charge in [0, 0.05) is 17.1 Å². The van der Waals surface area contributed by atoms with E-state index in [4.69, 9.17) is 15.6 Å². The number of carboxylic acid groups (broad SMARTS) is 1. The van der Waals surface area contributed by atoms with Gasteiger partial charge >= 0.3 is 5.97 Å². The van der Waals surface area contributed by atoms with Crippen LogP contribution in [0, 0.1) is 6.92 Å². The number of aliphatic carboxylic acids is 1. The molecule has 7 nitrogen and oxygen atoms in total. The van der Waals surface area contributed by atoms with E-state index in [0.29, 0.717) is 36.9 Å². The number of aryl methyl sites for hydroxylation is 1. The van der Waals surface area contributed by atoms with E-state index in [1.165, 1.54) is 6.20 Å². The number of sulfone groups is 1. The number of nitrogens with two attached hydrogens (primary N) is 1. The third-order valence-electron chi connectivity index (χ3n) is 5.29. The van der Waals surface area contributed by atoms with Crippen molar-refractivity contribution in [2.45, 2.75) is 29.2 Å². The third-order valence-corrected chi connectivity index (χ3v) is 8.27. The van der Waals surface area contributed by atoms with E-state index in [1.54, 1.807) is 54.6 Å². The first-order valence-electron chi connectivity index (χ1n) is 10.1. The number of aromatic nitrogens is 1. The Labute approximate surface area is 213 Å². The fourth-order valence-electron chi connectivity index (χ4n) is 3.49. The average Bonchev–Trinajstić information content (AvgIpc) is 3.20. The van der Waals surface area contributed by atoms with Crippen LogP contribution in [0.5, 0.6) is 11.5 Å². The predicted molar refractivity (Wildman–Crippen MR) is 136 cm³/mol. The summed E-state index contributed by atoms with van der Waals surface area (Å²) in [5, 5.41) is 9.55. The minimum atomic E-state index is -3.73. The van der Waals surface area contributed by atoms with Crippen molar-refractivity contribution in [2.75, 3.05) is 0 Å². The molecule has 1 heterocycles. The lowest BCUT2D eigenvalue weighted by molar-refractivity contribution is -0.138. The van der Waals surface area contributed by atoms with Gasteiger partial charge in [-0.15, -0.1) is 0 Å². The number of carbonyl (C=O) groups is 1. The molecule has 0 aliphatic rings. The molecule has 0 spiro atoms. The number of benzene rings is 3. The molecule has 0 bridgehead atoms. The van der Waals surface area contributed by atoms with Gasteiger partial charge in [-0.3, -0.25) is 4.79 Å². The van der Waals surface area contributed by atoms with Gasteiger partial charge < -0.3 is 20.6 Å². The number of hydrogen-bond donors (Lipinski definition) is 3. The van der Waals surface area contributed by atoms with E-state index in [2.05, 4.69) is 36.8 Å². The highest BCUT2D eigenvalue weighted by Crippen LogP contribution is 2.39. The first kappa shape index (κ1) is 24.5. The average molecular weight is 608 g/mol. The smallest absolute Gasteiger partial charge is 0.320 e. The van der Waals surface area contributed by atoms with Gasteiger partial charge in [0.25, 0.3) is 0 Å². The molecule has 0 unspecified atom stereocenters. The van der Waals surface area contributed by atoms with Crippen molar-refractivity contribution >= 4 is 58.6 Å². The van der Waals surface area contributed by atoms with Gasteiger partial charge in [0.05, 0.1) is 18.7 Å². The zero-order valence-corrected chi connectivity index (χ0v) is 21.9. The van der Waals surface area contributed by atoms with Crippen LogP contribution in [0.3, 0.4) is 0 Å². The van der Waals surface area contributed by atoms with Crippen LogP contribution in [0.4, 0.5) is 0 Å². The Morgan fingerprint density at radius 1 is 1.09 bits per heavy atom. The number of fused-ring (bicyclic) bond motifs is 1. The topological polar surface area (TPSA) is 122 Å². The van der Waals surface area contributed by atoms with Gasteiger partial charge in [0.1, 0.15) is 11.8 Å². The largest absolute Gasteiger partial charge is 0.480 e. The summed E-state index contributed by atoms with van der Waals surface area (Å²) in [6, 6.07) is 14.3. The van der Waals surface area contributed by atoms with Crippen LogP contribution in [-0.4, -0.2) is 30.5 Å². The van der Waals surface area contributed by atoms with Crippen LogP contribution in [0.15, 0.2) is 79.5 Å². The summed E-state index contributed by atoms with van der Waals surface area (Å²) < 4.78 is 33.7. The van der Waals surface area contributed by atoms with E-state index < -0.39 is 21.8 Å². The Bertz CT molecular complexity index is 1470. The monoisotopic (exact) mass is 606 g/mol. The molecule has 10 heteroatoms. The first-order chi connectivity index (χ1) is 16.1. The number of nitrogens with one attached hydrogen (secondary N) is 1. The van der Waals surface area contributed by atoms with Crippen molar-refractivity contribution in [1.82, 2.24) is 4.98 Å². The van der Waals surface area contributed by atoms with Crippen LogP contribution in [0.25, 0.3) is 10.9 Å². The molecule has 4 aromatic rings. The standard InChI is InChI=1S/C24H20Br2N2O5S/c1-13-2-5-16(6-3-13)34(31,32)22-12-28-21-7-4-15(11-17(21)22)33-23-18(25)8-14(9-19(23)26)10-20(27)24(29)30/h2-9,11-12,20,28H,10,27H2,1H3,(H,29,30)/t20-/m0/s1. The Hall–Kier alpha value is -2.66. The van der Waals surface area contributed by atoms with Crippen LogP contribution < -0.4 is 10.5 Å². The molecule has 1 aromatic heterocycles. The summed E-state index contributed by atoms with van der Waals surface area (Å²) in [6.45, 7) is 1.90. The Balaban J connectivity index is 1.68. The van der Waals surface area contributed by atoms with Crippen molar-refractivity contribution in [3.8, 4) is 11.5 Å². The molecule has 0 radical (unpaired) electrons. The summed E-state index contributed by atoms with van der Waals surface area (Å²) in [4.78, 5) is 14.4. The number of aromatic amines is 1. The number of ether oxygens (including phenoxy) is 1. The second kappa shape index (κ2) is 9.53. The zero-order valence-electron chi connectivity index (χ0n) is 17.9. The summed E-state index contributed by atoms with van der Waals surface area (Å²) >= 11 is 6.92. The predicted octanol–water partition coefficient (Wildman–Crippen LogP) is 5.58. The van der Waals surface area contributed by atoms with Crippen molar-refractivity contribution < 1.29 is 23.1 Å². The van der Waals surface area contributed by atoms with E-state index in [-0.39, 0.29) is 16.2 Å². The minimum Gasteiger partial charge on any atom is -0.480 e. The first-order valence-corrected chi connectivity index (χ1v) is 13.2. The second-order valence-corrected chi connectivity index (χ2v) is 11.4. The quantitative estimate of drug-likeness (QED) is 0.252. The van der Waals surface area contributed by atoms with Crippen molar-refractivity contribution in [3.05, 3.63) is 80.9 Å². The highest BCUT2D eigenvalue weighted by Gasteiger charge is 2.22. The lowest BCUT2D eigenvalue weighted by Gasteiger charge is -2.13. The van der Waals surface area contributed by atoms with Gasteiger partial charge in [-0.2, -0.15) is 0 Å². The lowest BCUT2D eigenvalue weighted by atomic mass is 10.1. The summed E-state index contributed by atoms with van der Waals surface area (Å²) in [5.41, 5.74) is 7.99. The maximum Gasteiger partial charge on any atom is 0.320 e. The molecular formula is C24H20Br2N2O5S. The Morgan fingerprint density at radius 3 is 2.35 bits per heavy atom. The number of carboxylic acids is 1. The molecule has 1 atom stereocenters. The minimum absolute atomic E-state index is 0.155. The third kappa shape index (κ3) is 4.90. The van der Waals surface area contributed by atoms with Gasteiger partial charge in [0.15, 0.2) is 5.75 Å². The second-order valence-electron chi connectivity index (χ2n) is 7.82. The van der Waals surface area contributed by atoms with E-state index in [0.717, 1.165) is 5.56 Å². The molecule has 0 fully saturated rings. The van der Waals surface area contributed by atoms with Gasteiger partial charge in [-0.1, -0.05) is 17.7 Å². The number of hydrogen-bond acceptors (Lipinski definition) is 5. The van der Waals surface area contributed by atoms with E-state index >= 15 is 0 Å². The molecule has 176 valence electrons. The molecular weight excluding hydrogens is 588 g/mol. The number of halogens is 2. The van der Waals surface area contributed by atoms with Crippen molar-refractivity contribution in [1.29, 1.82) is 0 Å². The van der Waals surface area contributed by atoms with E-state index in [1.807, 2.05) is 6.92 Å². The highest BCUT2D eigenvalue weighted by molar-refractivity contribution is 9.11. The number of H-pyrrole nitrogens is 1. The molecule has 0 amide bonds. The van der Waals surface area contributed by atoms with Gasteiger partial charge in [-0.25, -0.2) is 8.42 Å². The van der Waals surface area contributed by atoms with Gasteiger partial charge in [-0.05, 0) is 93.2 Å². The summed E-state index contributed by atoms with van der Waals surface area (Å²) in [6.07, 6.45) is 1.64. The molecule has 4 rings (SSSR count). The molecule has 0 aliphatic heterocycles.